The Morgan fingerprint density at radius 1 is 1.10 bits per heavy atom. The van der Waals surface area contributed by atoms with E-state index in [0.29, 0.717) is 5.69 Å². The number of aliphatic hydroxyl groups is 2. The van der Waals surface area contributed by atoms with E-state index in [9.17, 15) is 24.6 Å². The van der Waals surface area contributed by atoms with Gasteiger partial charge >= 0.3 is 11.9 Å². The summed E-state index contributed by atoms with van der Waals surface area (Å²) >= 11 is 1.44. The van der Waals surface area contributed by atoms with Gasteiger partial charge in [-0.3, -0.25) is 9.59 Å². The molecule has 0 fully saturated rings. The second-order valence-electron chi connectivity index (χ2n) is 7.41. The van der Waals surface area contributed by atoms with E-state index in [0.717, 1.165) is 11.1 Å². The molecule has 2 heterocycles. The first-order chi connectivity index (χ1) is 14.6. The fourth-order valence-electron chi connectivity index (χ4n) is 2.87. The molecule has 170 valence electrons. The second kappa shape index (κ2) is 11.2. The quantitative estimate of drug-likeness (QED) is 0.643. The highest BCUT2D eigenvalue weighted by atomic mass is 32.1. The van der Waals surface area contributed by atoms with E-state index >= 15 is 0 Å². The molecule has 1 aromatic rings. The van der Waals surface area contributed by atoms with Gasteiger partial charge in [0, 0.05) is 17.5 Å². The van der Waals surface area contributed by atoms with Gasteiger partial charge in [0.25, 0.3) is 0 Å². The van der Waals surface area contributed by atoms with Crippen LogP contribution in [0.2, 0.25) is 0 Å². The maximum absolute atomic E-state index is 12.9. The summed E-state index contributed by atoms with van der Waals surface area (Å²) in [5.41, 5.74) is 0.651. The highest BCUT2D eigenvalue weighted by Gasteiger charge is 2.26. The van der Waals surface area contributed by atoms with Crippen LogP contribution < -0.4 is 0 Å². The molecule has 10 heteroatoms. The smallest absolute Gasteiger partial charge is 0.330 e. The molecule has 1 aromatic heterocycles. The van der Waals surface area contributed by atoms with Crippen molar-refractivity contribution in [1.29, 1.82) is 0 Å². The predicted octanol–water partition coefficient (Wildman–Crippen LogP) is 1.27. The van der Waals surface area contributed by atoms with Gasteiger partial charge in [-0.25, -0.2) is 9.78 Å². The lowest BCUT2D eigenvalue weighted by Crippen LogP contribution is -2.44. The van der Waals surface area contributed by atoms with Gasteiger partial charge in [-0.05, 0) is 39.8 Å². The molecule has 0 bridgehead atoms. The first-order valence-corrected chi connectivity index (χ1v) is 10.8. The van der Waals surface area contributed by atoms with Gasteiger partial charge in [-0.1, -0.05) is 0 Å². The molecule has 2 N–H and O–H groups in total. The topological polar surface area (TPSA) is 126 Å². The summed E-state index contributed by atoms with van der Waals surface area (Å²) in [6.45, 7) is 6.63. The van der Waals surface area contributed by atoms with Crippen molar-refractivity contribution < 1.29 is 34.1 Å². The molecule has 0 aliphatic carbocycles. The molecule has 0 saturated carbocycles. The normalized spacial score (nSPS) is 31.1. The first kappa shape index (κ1) is 24.7. The molecule has 0 radical (unpaired) electrons. The molecule has 5 atom stereocenters. The van der Waals surface area contributed by atoms with Crippen molar-refractivity contribution in [2.24, 2.45) is 0 Å². The van der Waals surface area contributed by atoms with Crippen LogP contribution in [0.3, 0.4) is 0 Å². The molecule has 1 aliphatic rings. The molecule has 31 heavy (non-hydrogen) atoms. The number of esters is 2. The fourth-order valence-corrected chi connectivity index (χ4v) is 3.48. The third kappa shape index (κ3) is 7.57. The van der Waals surface area contributed by atoms with Crippen LogP contribution in [0.1, 0.15) is 37.9 Å². The molecule has 0 spiro atoms. The maximum Gasteiger partial charge on any atom is 0.330 e. The van der Waals surface area contributed by atoms with E-state index in [1.54, 1.807) is 6.92 Å². The number of cyclic esters (lactones) is 2. The molecule has 0 aromatic carbocycles. The van der Waals surface area contributed by atoms with Gasteiger partial charge < -0.3 is 24.6 Å². The zero-order valence-electron chi connectivity index (χ0n) is 17.9. The Morgan fingerprint density at radius 3 is 2.42 bits per heavy atom. The molecule has 2 rings (SSSR count). The standard InChI is InChI=1S/C21H28N2O7S/c1-12-9-21(28)30-14(3)18(25)5-7-19(26)23(10-16-11-31-15(4)22-16)13(2)17(24)6-8-20(27)29-12/h5-8,11-14,17-18,24-25H,9-10H2,1-4H3/b7-5+,8-6+/t12-,13-,14-,17+,18+/m0/s1. The highest BCUT2D eigenvalue weighted by Crippen LogP contribution is 2.16. The Balaban J connectivity index is 2.32. The molecule has 9 nitrogen and oxygen atoms in total. The number of hydrogen-bond acceptors (Lipinski definition) is 9. The number of carbonyl (C=O) groups excluding carboxylic acids is 3. The summed E-state index contributed by atoms with van der Waals surface area (Å²) in [5.74, 6) is -1.87. The van der Waals surface area contributed by atoms with Crippen molar-refractivity contribution in [2.45, 2.75) is 71.1 Å². The molecular weight excluding hydrogens is 424 g/mol. The minimum absolute atomic E-state index is 0.127. The summed E-state index contributed by atoms with van der Waals surface area (Å²) in [7, 11) is 0. The average molecular weight is 453 g/mol. The van der Waals surface area contributed by atoms with Crippen LogP contribution in [0.5, 0.6) is 0 Å². The number of amides is 1. The fraction of sp³-hybridized carbons (Fsp3) is 0.524. The average Bonchev–Trinajstić information content (AvgIpc) is 3.11. The van der Waals surface area contributed by atoms with Crippen molar-refractivity contribution in [3.8, 4) is 0 Å². The van der Waals surface area contributed by atoms with E-state index < -0.39 is 48.3 Å². The van der Waals surface area contributed by atoms with Gasteiger partial charge in [-0.2, -0.15) is 0 Å². The van der Waals surface area contributed by atoms with Gasteiger partial charge in [0.2, 0.25) is 5.91 Å². The van der Waals surface area contributed by atoms with E-state index in [-0.39, 0.29) is 13.0 Å². The molecular formula is C21H28N2O7S. The van der Waals surface area contributed by atoms with Crippen molar-refractivity contribution in [3.63, 3.8) is 0 Å². The van der Waals surface area contributed by atoms with E-state index in [2.05, 4.69) is 4.98 Å². The van der Waals surface area contributed by atoms with Gasteiger partial charge in [0.15, 0.2) is 0 Å². The van der Waals surface area contributed by atoms with Crippen LogP contribution >= 0.6 is 11.3 Å². The van der Waals surface area contributed by atoms with Crippen LogP contribution in [0.4, 0.5) is 0 Å². The summed E-state index contributed by atoms with van der Waals surface area (Å²) in [6.07, 6.45) is 0.461. The number of hydrogen-bond donors (Lipinski definition) is 2. The van der Waals surface area contributed by atoms with Crippen LogP contribution in [0.15, 0.2) is 29.7 Å². The third-order valence-corrected chi connectivity index (χ3v) is 5.53. The first-order valence-electron chi connectivity index (χ1n) is 9.91. The number of aliphatic hydroxyl groups excluding tert-OH is 2. The van der Waals surface area contributed by atoms with Gasteiger partial charge in [0.05, 0.1) is 35.8 Å². The Hall–Kier alpha value is -2.56. The maximum atomic E-state index is 12.9. The van der Waals surface area contributed by atoms with Crippen molar-refractivity contribution in [3.05, 3.63) is 40.4 Å². The summed E-state index contributed by atoms with van der Waals surface area (Å²) < 4.78 is 10.3. The van der Waals surface area contributed by atoms with Crippen LogP contribution in [0, 0.1) is 6.92 Å². The SMILES string of the molecule is Cc1nc(CN2C(=O)/C=C/[C@@H](O)[C@H](C)OC(=O)C[C@H](C)OC(=O)/C=C/[C@@H](O)[C@@H]2C)cs1. The third-order valence-electron chi connectivity index (χ3n) is 4.70. The van der Waals surface area contributed by atoms with Crippen molar-refractivity contribution in [1.82, 2.24) is 9.88 Å². The van der Waals surface area contributed by atoms with Crippen LogP contribution in [-0.4, -0.2) is 68.4 Å². The monoisotopic (exact) mass is 452 g/mol. The Morgan fingerprint density at radius 2 is 1.77 bits per heavy atom. The lowest BCUT2D eigenvalue weighted by Gasteiger charge is -2.30. The highest BCUT2D eigenvalue weighted by molar-refractivity contribution is 7.09. The molecule has 0 saturated heterocycles. The largest absolute Gasteiger partial charge is 0.459 e. The minimum Gasteiger partial charge on any atom is -0.459 e. The molecule has 1 aliphatic heterocycles. The lowest BCUT2D eigenvalue weighted by atomic mass is 10.1. The number of nitrogens with zero attached hydrogens (tertiary/aromatic N) is 2. The number of aryl methyl sites for hydroxylation is 1. The molecule has 0 unspecified atom stereocenters. The number of carbonyl (C=O) groups is 3. The van der Waals surface area contributed by atoms with E-state index in [4.69, 9.17) is 9.47 Å². The van der Waals surface area contributed by atoms with Crippen LogP contribution in [0.25, 0.3) is 0 Å². The predicted molar refractivity (Wildman–Crippen MR) is 113 cm³/mol. The zero-order valence-corrected chi connectivity index (χ0v) is 18.7. The Bertz CT molecular complexity index is 851. The zero-order chi connectivity index (χ0) is 23.1. The van der Waals surface area contributed by atoms with Crippen molar-refractivity contribution in [2.75, 3.05) is 0 Å². The Kier molecular flexibility index (Phi) is 8.90. The summed E-state index contributed by atoms with van der Waals surface area (Å²) in [6, 6.07) is -0.707. The second-order valence-corrected chi connectivity index (χ2v) is 8.47. The lowest BCUT2D eigenvalue weighted by molar-refractivity contribution is -0.157. The van der Waals surface area contributed by atoms with Crippen LogP contribution in [-0.2, 0) is 30.4 Å². The van der Waals surface area contributed by atoms with E-state index in [1.807, 2.05) is 12.3 Å². The number of rotatable bonds is 2. The van der Waals surface area contributed by atoms with Gasteiger partial charge in [0.1, 0.15) is 18.3 Å². The number of ether oxygens (including phenoxy) is 2. The minimum atomic E-state index is -1.22. The van der Waals surface area contributed by atoms with E-state index in [1.165, 1.54) is 48.3 Å². The Labute approximate surface area is 185 Å². The number of thiazole rings is 1. The number of aromatic nitrogens is 1. The summed E-state index contributed by atoms with van der Waals surface area (Å²) in [4.78, 5) is 42.6. The molecule has 1 amide bonds. The van der Waals surface area contributed by atoms with Gasteiger partial charge in [-0.15, -0.1) is 11.3 Å². The van der Waals surface area contributed by atoms with Crippen molar-refractivity contribution >= 4 is 29.2 Å². The summed E-state index contributed by atoms with van der Waals surface area (Å²) in [5, 5.41) is 23.4.